The number of nitrogens with zero attached hydrogens (tertiary/aromatic N) is 1. The summed E-state index contributed by atoms with van der Waals surface area (Å²) < 4.78 is 0. The maximum absolute atomic E-state index is 10.9. The van der Waals surface area contributed by atoms with E-state index in [1.54, 1.807) is 24.3 Å². The lowest BCUT2D eigenvalue weighted by atomic mass is 10.0. The zero-order chi connectivity index (χ0) is 15.1. The van der Waals surface area contributed by atoms with Crippen LogP contribution in [0.25, 0.3) is 0 Å². The quantitative estimate of drug-likeness (QED) is 0.562. The molecule has 1 unspecified atom stereocenters. The van der Waals surface area contributed by atoms with Crippen LogP contribution in [0.1, 0.15) is 23.6 Å². The highest BCUT2D eigenvalue weighted by Crippen LogP contribution is 2.17. The molecule has 0 radical (unpaired) electrons. The van der Waals surface area contributed by atoms with Gasteiger partial charge >= 0.3 is 5.97 Å². The summed E-state index contributed by atoms with van der Waals surface area (Å²) in [4.78, 5) is 10.9. The molecular weight excluding hydrogens is 268 g/mol. The Labute approximate surface area is 122 Å². The number of nitrogens with one attached hydrogen (secondary N) is 1. The molecule has 2 aromatic rings. The third-order valence-electron chi connectivity index (χ3n) is 2.95. The van der Waals surface area contributed by atoms with Crippen molar-refractivity contribution in [2.75, 3.05) is 0 Å². The SMILES string of the molecule is O=C(O)CC(N/N=C/c1ccccc1O)c1ccccc1. The van der Waals surface area contributed by atoms with E-state index in [9.17, 15) is 9.90 Å². The Morgan fingerprint density at radius 3 is 2.48 bits per heavy atom. The van der Waals surface area contributed by atoms with Crippen molar-refractivity contribution in [3.63, 3.8) is 0 Å². The smallest absolute Gasteiger partial charge is 0.305 e. The predicted molar refractivity (Wildman–Crippen MR) is 80.3 cm³/mol. The summed E-state index contributed by atoms with van der Waals surface area (Å²) in [5.41, 5.74) is 4.22. The van der Waals surface area contributed by atoms with Gasteiger partial charge in [0, 0.05) is 5.56 Å². The topological polar surface area (TPSA) is 81.9 Å². The maximum atomic E-state index is 10.9. The highest BCUT2D eigenvalue weighted by Gasteiger charge is 2.14. The molecule has 0 heterocycles. The molecule has 0 aliphatic heterocycles. The summed E-state index contributed by atoms with van der Waals surface area (Å²) in [5, 5.41) is 22.6. The van der Waals surface area contributed by atoms with Crippen LogP contribution in [0.3, 0.4) is 0 Å². The van der Waals surface area contributed by atoms with Gasteiger partial charge in [0.05, 0.1) is 18.7 Å². The molecule has 3 N–H and O–H groups in total. The van der Waals surface area contributed by atoms with Crippen molar-refractivity contribution >= 4 is 12.2 Å². The number of carboxylic acids is 1. The fourth-order valence-corrected chi connectivity index (χ4v) is 1.89. The van der Waals surface area contributed by atoms with Gasteiger partial charge in [-0.05, 0) is 17.7 Å². The minimum Gasteiger partial charge on any atom is -0.507 e. The highest BCUT2D eigenvalue weighted by molar-refractivity contribution is 5.83. The van der Waals surface area contributed by atoms with Gasteiger partial charge in [0.2, 0.25) is 0 Å². The molecule has 2 rings (SSSR count). The number of rotatable bonds is 6. The summed E-state index contributed by atoms with van der Waals surface area (Å²) >= 11 is 0. The van der Waals surface area contributed by atoms with Crippen LogP contribution in [-0.2, 0) is 4.79 Å². The Kier molecular flexibility index (Phi) is 4.93. The normalized spacial score (nSPS) is 12.2. The Bertz CT molecular complexity index is 626. The summed E-state index contributed by atoms with van der Waals surface area (Å²) in [7, 11) is 0. The van der Waals surface area contributed by atoms with Crippen molar-refractivity contribution in [1.82, 2.24) is 5.43 Å². The van der Waals surface area contributed by atoms with Gasteiger partial charge < -0.3 is 15.6 Å². The molecule has 0 aliphatic carbocycles. The number of phenolic OH excluding ortho intramolecular Hbond substituents is 1. The van der Waals surface area contributed by atoms with Gasteiger partial charge in [0.1, 0.15) is 5.75 Å². The van der Waals surface area contributed by atoms with Crippen molar-refractivity contribution in [3.05, 3.63) is 65.7 Å². The average molecular weight is 284 g/mol. The van der Waals surface area contributed by atoms with Gasteiger partial charge in [0.25, 0.3) is 0 Å². The second-order valence-corrected chi connectivity index (χ2v) is 4.51. The van der Waals surface area contributed by atoms with Gasteiger partial charge in [-0.25, -0.2) is 0 Å². The first-order chi connectivity index (χ1) is 10.2. The van der Waals surface area contributed by atoms with Gasteiger partial charge in [0.15, 0.2) is 0 Å². The summed E-state index contributed by atoms with van der Waals surface area (Å²) in [6.45, 7) is 0. The zero-order valence-corrected chi connectivity index (χ0v) is 11.3. The van der Waals surface area contributed by atoms with E-state index >= 15 is 0 Å². The number of hydrogen-bond donors (Lipinski definition) is 3. The average Bonchev–Trinajstić information content (AvgIpc) is 2.49. The predicted octanol–water partition coefficient (Wildman–Crippen LogP) is 2.53. The minimum atomic E-state index is -0.908. The van der Waals surface area contributed by atoms with Crippen LogP contribution >= 0.6 is 0 Å². The van der Waals surface area contributed by atoms with Crippen molar-refractivity contribution in [3.8, 4) is 5.75 Å². The van der Waals surface area contributed by atoms with Gasteiger partial charge in [-0.15, -0.1) is 0 Å². The molecule has 0 spiro atoms. The third-order valence-corrected chi connectivity index (χ3v) is 2.95. The number of benzene rings is 2. The molecule has 0 amide bonds. The fraction of sp³-hybridized carbons (Fsp3) is 0.125. The van der Waals surface area contributed by atoms with Crippen LogP contribution in [0.15, 0.2) is 59.7 Å². The van der Waals surface area contributed by atoms with E-state index in [2.05, 4.69) is 10.5 Å². The highest BCUT2D eigenvalue weighted by atomic mass is 16.4. The number of aliphatic carboxylic acids is 1. The summed E-state index contributed by atoms with van der Waals surface area (Å²) in [5.74, 6) is -0.786. The molecule has 1 atom stereocenters. The molecule has 5 nitrogen and oxygen atoms in total. The van der Waals surface area contributed by atoms with Crippen molar-refractivity contribution in [2.45, 2.75) is 12.5 Å². The molecule has 0 aromatic heterocycles. The lowest BCUT2D eigenvalue weighted by molar-refractivity contribution is -0.137. The lowest BCUT2D eigenvalue weighted by Gasteiger charge is -2.14. The number of carboxylic acid groups (broad SMARTS) is 1. The molecule has 2 aromatic carbocycles. The second-order valence-electron chi connectivity index (χ2n) is 4.51. The molecule has 0 fully saturated rings. The van der Waals surface area contributed by atoms with Crippen molar-refractivity contribution in [2.24, 2.45) is 5.10 Å². The molecule has 21 heavy (non-hydrogen) atoms. The maximum Gasteiger partial charge on any atom is 0.305 e. The first-order valence-corrected chi connectivity index (χ1v) is 6.50. The second kappa shape index (κ2) is 7.09. The Hall–Kier alpha value is -2.82. The number of carbonyl (C=O) groups is 1. The number of hydrazone groups is 1. The third kappa shape index (κ3) is 4.35. The van der Waals surface area contributed by atoms with E-state index in [1.165, 1.54) is 6.21 Å². The van der Waals surface area contributed by atoms with Crippen molar-refractivity contribution < 1.29 is 15.0 Å². The van der Waals surface area contributed by atoms with E-state index in [1.807, 2.05) is 30.3 Å². The van der Waals surface area contributed by atoms with Gasteiger partial charge in [-0.3, -0.25) is 4.79 Å². The van der Waals surface area contributed by atoms with E-state index < -0.39 is 12.0 Å². The Morgan fingerprint density at radius 1 is 1.14 bits per heavy atom. The molecule has 0 bridgehead atoms. The van der Waals surface area contributed by atoms with Gasteiger partial charge in [-0.2, -0.15) is 5.10 Å². The van der Waals surface area contributed by atoms with Gasteiger partial charge in [-0.1, -0.05) is 42.5 Å². The van der Waals surface area contributed by atoms with Crippen molar-refractivity contribution in [1.29, 1.82) is 0 Å². The number of hydrogen-bond acceptors (Lipinski definition) is 4. The molecule has 0 aliphatic rings. The Morgan fingerprint density at radius 2 is 1.81 bits per heavy atom. The minimum absolute atomic E-state index is 0.0812. The van der Waals surface area contributed by atoms with E-state index in [0.29, 0.717) is 5.56 Å². The number of aromatic hydroxyl groups is 1. The monoisotopic (exact) mass is 284 g/mol. The zero-order valence-electron chi connectivity index (χ0n) is 11.3. The molecule has 0 saturated heterocycles. The van der Waals surface area contributed by atoms with Crippen LogP contribution in [0.2, 0.25) is 0 Å². The fourth-order valence-electron chi connectivity index (χ4n) is 1.89. The molecular formula is C16H16N2O3. The molecule has 0 saturated carbocycles. The first kappa shape index (κ1) is 14.6. The summed E-state index contributed by atoms with van der Waals surface area (Å²) in [6.07, 6.45) is 1.38. The lowest BCUT2D eigenvalue weighted by Crippen LogP contribution is -2.19. The first-order valence-electron chi connectivity index (χ1n) is 6.50. The van der Waals surface area contributed by atoms with E-state index in [4.69, 9.17) is 5.11 Å². The van der Waals surface area contributed by atoms with E-state index in [0.717, 1.165) is 5.56 Å². The number of para-hydroxylation sites is 1. The molecule has 5 heteroatoms. The standard InChI is InChI=1S/C16H16N2O3/c19-15-9-5-4-8-13(15)11-17-18-14(10-16(20)21)12-6-2-1-3-7-12/h1-9,11,14,18-19H,10H2,(H,20,21)/b17-11+. The Balaban J connectivity index is 2.09. The largest absolute Gasteiger partial charge is 0.507 e. The number of phenols is 1. The van der Waals surface area contributed by atoms with Crippen LogP contribution in [0, 0.1) is 0 Å². The molecule has 108 valence electrons. The van der Waals surface area contributed by atoms with Crippen LogP contribution in [0.4, 0.5) is 0 Å². The van der Waals surface area contributed by atoms with E-state index in [-0.39, 0.29) is 12.2 Å². The summed E-state index contributed by atoms with van der Waals surface area (Å²) in [6, 6.07) is 15.6. The van der Waals surface area contributed by atoms with Crippen LogP contribution < -0.4 is 5.43 Å². The van der Waals surface area contributed by atoms with Crippen LogP contribution in [0.5, 0.6) is 5.75 Å². The van der Waals surface area contributed by atoms with Crippen LogP contribution in [-0.4, -0.2) is 22.4 Å².